The maximum absolute atomic E-state index is 5.73. The van der Waals surface area contributed by atoms with Crippen LogP contribution in [0.2, 0.25) is 0 Å². The second kappa shape index (κ2) is 8.14. The molecule has 1 saturated heterocycles. The van der Waals surface area contributed by atoms with Gasteiger partial charge in [0, 0.05) is 12.5 Å². The highest BCUT2D eigenvalue weighted by Crippen LogP contribution is 2.37. The average molecular weight is 310 g/mol. The highest BCUT2D eigenvalue weighted by Gasteiger charge is 2.26. The number of nitrogens with one attached hydrogen (secondary N) is 1. The van der Waals surface area contributed by atoms with E-state index in [1.54, 1.807) is 0 Å². The molecule has 1 heterocycles. The molecule has 1 aliphatic heterocycles. The molecular weight excluding hydrogens is 284 g/mol. The Labute approximate surface area is 138 Å². The van der Waals surface area contributed by atoms with E-state index >= 15 is 0 Å². The minimum absolute atomic E-state index is 0.430. The third-order valence-corrected chi connectivity index (χ3v) is 4.62. The molecule has 3 heteroatoms. The van der Waals surface area contributed by atoms with Crippen LogP contribution >= 0.6 is 0 Å². The molecule has 1 unspecified atom stereocenters. The van der Waals surface area contributed by atoms with Gasteiger partial charge in [-0.15, -0.1) is 0 Å². The van der Waals surface area contributed by atoms with Gasteiger partial charge in [-0.1, -0.05) is 42.5 Å². The minimum Gasteiger partial charge on any atom is -0.492 e. The summed E-state index contributed by atoms with van der Waals surface area (Å²) in [5, 5.41) is 3.47. The normalized spacial score (nSPS) is 16.9. The third kappa shape index (κ3) is 4.12. The van der Waals surface area contributed by atoms with E-state index in [2.05, 4.69) is 53.8 Å². The van der Waals surface area contributed by atoms with E-state index in [1.807, 2.05) is 6.07 Å². The predicted octanol–water partition coefficient (Wildman–Crippen LogP) is 3.16. The van der Waals surface area contributed by atoms with Gasteiger partial charge in [-0.3, -0.25) is 0 Å². The number of piperidine rings is 1. The summed E-state index contributed by atoms with van der Waals surface area (Å²) >= 11 is 0. The number of hydrogen-bond acceptors (Lipinski definition) is 3. The first kappa shape index (κ1) is 16.0. The molecule has 23 heavy (non-hydrogen) atoms. The number of hydrogen-bond donors (Lipinski definition) is 2. The van der Waals surface area contributed by atoms with Gasteiger partial charge < -0.3 is 15.8 Å². The number of rotatable bonds is 6. The van der Waals surface area contributed by atoms with Crippen LogP contribution in [0.5, 0.6) is 5.75 Å². The molecule has 3 N–H and O–H groups in total. The fourth-order valence-corrected chi connectivity index (χ4v) is 3.55. The maximum atomic E-state index is 5.73. The third-order valence-electron chi connectivity index (χ3n) is 4.62. The van der Waals surface area contributed by atoms with Crippen molar-refractivity contribution < 1.29 is 4.74 Å². The summed E-state index contributed by atoms with van der Waals surface area (Å²) < 4.78 is 5.73. The van der Waals surface area contributed by atoms with E-state index in [9.17, 15) is 0 Å². The number of nitrogens with two attached hydrogens (primary N) is 1. The molecule has 0 aromatic heterocycles. The molecule has 0 spiro atoms. The molecule has 0 bridgehead atoms. The SMILES string of the molecule is NCCOc1cccc(C(c2ccccc2)C2CCNCC2)c1. The summed E-state index contributed by atoms with van der Waals surface area (Å²) in [7, 11) is 0. The van der Waals surface area contributed by atoms with Crippen LogP contribution < -0.4 is 15.8 Å². The van der Waals surface area contributed by atoms with Crippen LogP contribution in [-0.2, 0) is 0 Å². The van der Waals surface area contributed by atoms with Crippen molar-refractivity contribution in [1.82, 2.24) is 5.32 Å². The molecule has 2 aromatic carbocycles. The number of ether oxygens (including phenoxy) is 1. The van der Waals surface area contributed by atoms with Crippen LogP contribution in [0.15, 0.2) is 54.6 Å². The van der Waals surface area contributed by atoms with Crippen molar-refractivity contribution in [3.8, 4) is 5.75 Å². The van der Waals surface area contributed by atoms with E-state index < -0.39 is 0 Å². The van der Waals surface area contributed by atoms with Crippen molar-refractivity contribution in [2.45, 2.75) is 18.8 Å². The monoisotopic (exact) mass is 310 g/mol. The minimum atomic E-state index is 0.430. The Morgan fingerprint density at radius 1 is 1.00 bits per heavy atom. The highest BCUT2D eigenvalue weighted by atomic mass is 16.5. The van der Waals surface area contributed by atoms with Crippen LogP contribution in [0.4, 0.5) is 0 Å². The van der Waals surface area contributed by atoms with Gasteiger partial charge in [-0.2, -0.15) is 0 Å². The van der Waals surface area contributed by atoms with Crippen LogP contribution in [0, 0.1) is 5.92 Å². The smallest absolute Gasteiger partial charge is 0.119 e. The van der Waals surface area contributed by atoms with Gasteiger partial charge in [0.2, 0.25) is 0 Å². The molecule has 3 rings (SSSR count). The van der Waals surface area contributed by atoms with Gasteiger partial charge in [-0.05, 0) is 55.1 Å². The molecule has 122 valence electrons. The van der Waals surface area contributed by atoms with Gasteiger partial charge in [0.05, 0.1) is 0 Å². The van der Waals surface area contributed by atoms with Crippen molar-refractivity contribution in [2.24, 2.45) is 11.7 Å². The van der Waals surface area contributed by atoms with E-state index in [0.29, 0.717) is 25.0 Å². The largest absolute Gasteiger partial charge is 0.492 e. The molecule has 0 radical (unpaired) electrons. The molecule has 1 atom stereocenters. The second-order valence-electron chi connectivity index (χ2n) is 6.19. The summed E-state index contributed by atoms with van der Waals surface area (Å²) in [4.78, 5) is 0. The lowest BCUT2D eigenvalue weighted by molar-refractivity contribution is 0.324. The summed E-state index contributed by atoms with van der Waals surface area (Å²) in [6.45, 7) is 3.32. The zero-order valence-corrected chi connectivity index (χ0v) is 13.6. The Kier molecular flexibility index (Phi) is 5.67. The molecule has 0 aliphatic carbocycles. The maximum Gasteiger partial charge on any atom is 0.119 e. The van der Waals surface area contributed by atoms with Crippen molar-refractivity contribution in [3.63, 3.8) is 0 Å². The molecular formula is C20H26N2O. The van der Waals surface area contributed by atoms with E-state index in [1.165, 1.54) is 24.0 Å². The van der Waals surface area contributed by atoms with E-state index in [0.717, 1.165) is 18.8 Å². The molecule has 2 aromatic rings. The first-order valence-corrected chi connectivity index (χ1v) is 8.57. The first-order valence-electron chi connectivity index (χ1n) is 8.57. The molecule has 1 aliphatic rings. The van der Waals surface area contributed by atoms with Crippen LogP contribution in [0.25, 0.3) is 0 Å². The average Bonchev–Trinajstić information content (AvgIpc) is 2.62. The predicted molar refractivity (Wildman–Crippen MR) is 94.9 cm³/mol. The Morgan fingerprint density at radius 2 is 1.74 bits per heavy atom. The highest BCUT2D eigenvalue weighted by molar-refractivity contribution is 5.38. The van der Waals surface area contributed by atoms with Gasteiger partial charge in [-0.25, -0.2) is 0 Å². The van der Waals surface area contributed by atoms with Crippen molar-refractivity contribution in [3.05, 3.63) is 65.7 Å². The molecule has 1 fully saturated rings. The van der Waals surface area contributed by atoms with Gasteiger partial charge in [0.25, 0.3) is 0 Å². The van der Waals surface area contributed by atoms with Gasteiger partial charge in [0.1, 0.15) is 12.4 Å². The lowest BCUT2D eigenvalue weighted by Gasteiger charge is -2.31. The second-order valence-corrected chi connectivity index (χ2v) is 6.19. The van der Waals surface area contributed by atoms with E-state index in [4.69, 9.17) is 10.5 Å². The summed E-state index contributed by atoms with van der Waals surface area (Å²) in [5.41, 5.74) is 8.29. The Hall–Kier alpha value is -1.84. The van der Waals surface area contributed by atoms with Crippen molar-refractivity contribution >= 4 is 0 Å². The van der Waals surface area contributed by atoms with Gasteiger partial charge in [0.15, 0.2) is 0 Å². The Bertz CT molecular complexity index is 594. The summed E-state index contributed by atoms with van der Waals surface area (Å²) in [6, 6.07) is 19.4. The lowest BCUT2D eigenvalue weighted by Crippen LogP contribution is -2.31. The fraction of sp³-hybridized carbons (Fsp3) is 0.400. The Balaban J connectivity index is 1.91. The topological polar surface area (TPSA) is 47.3 Å². The molecule has 0 amide bonds. The lowest BCUT2D eigenvalue weighted by atomic mass is 9.76. The summed E-state index contributed by atoms with van der Waals surface area (Å²) in [5.74, 6) is 2.02. The molecule has 3 nitrogen and oxygen atoms in total. The number of benzene rings is 2. The van der Waals surface area contributed by atoms with Gasteiger partial charge >= 0.3 is 0 Å². The molecule has 0 saturated carbocycles. The van der Waals surface area contributed by atoms with Crippen LogP contribution in [-0.4, -0.2) is 26.2 Å². The zero-order chi connectivity index (χ0) is 15.9. The van der Waals surface area contributed by atoms with Crippen molar-refractivity contribution in [2.75, 3.05) is 26.2 Å². The van der Waals surface area contributed by atoms with Crippen LogP contribution in [0.1, 0.15) is 29.9 Å². The first-order chi connectivity index (χ1) is 11.4. The Morgan fingerprint density at radius 3 is 2.48 bits per heavy atom. The zero-order valence-electron chi connectivity index (χ0n) is 13.6. The van der Waals surface area contributed by atoms with Crippen molar-refractivity contribution in [1.29, 1.82) is 0 Å². The fourth-order valence-electron chi connectivity index (χ4n) is 3.55. The van der Waals surface area contributed by atoms with Crippen LogP contribution in [0.3, 0.4) is 0 Å². The summed E-state index contributed by atoms with van der Waals surface area (Å²) in [6.07, 6.45) is 2.43. The standard InChI is InChI=1S/C20H26N2O/c21-11-14-23-19-8-4-7-18(15-19)20(16-5-2-1-3-6-16)17-9-12-22-13-10-17/h1-8,15,17,20,22H,9-14,21H2. The quantitative estimate of drug-likeness (QED) is 0.861. The van der Waals surface area contributed by atoms with E-state index in [-0.39, 0.29) is 0 Å².